The van der Waals surface area contributed by atoms with E-state index in [-0.39, 0.29) is 37.4 Å². The third kappa shape index (κ3) is 8.43. The first-order chi connectivity index (χ1) is 16.0. The van der Waals surface area contributed by atoms with E-state index in [0.29, 0.717) is 12.1 Å². The smallest absolute Gasteiger partial charge is 0.242 e. The Morgan fingerprint density at radius 3 is 2.21 bits per heavy atom. The van der Waals surface area contributed by atoms with Crippen LogP contribution in [0.3, 0.4) is 0 Å². The predicted octanol–water partition coefficient (Wildman–Crippen LogP) is 4.33. The van der Waals surface area contributed by atoms with Gasteiger partial charge in [0.2, 0.25) is 21.8 Å². The van der Waals surface area contributed by atoms with Gasteiger partial charge in [0.25, 0.3) is 0 Å². The van der Waals surface area contributed by atoms with Crippen molar-refractivity contribution in [2.75, 3.05) is 17.1 Å². The molecule has 9 heteroatoms. The first-order valence-electron chi connectivity index (χ1n) is 11.4. The molecule has 2 atom stereocenters. The molecule has 0 radical (unpaired) electrons. The zero-order chi connectivity index (χ0) is 25.3. The summed E-state index contributed by atoms with van der Waals surface area (Å²) < 4.78 is 26.9. The fraction of sp³-hybridized carbons (Fsp3) is 0.440. The summed E-state index contributed by atoms with van der Waals surface area (Å²) in [5.74, 6) is -0.405. The van der Waals surface area contributed by atoms with E-state index >= 15 is 0 Å². The lowest BCUT2D eigenvalue weighted by Crippen LogP contribution is -2.49. The number of sulfonamides is 1. The predicted molar refractivity (Wildman–Crippen MR) is 140 cm³/mol. The van der Waals surface area contributed by atoms with Crippen molar-refractivity contribution >= 4 is 43.5 Å². The van der Waals surface area contributed by atoms with Crippen molar-refractivity contribution < 1.29 is 18.0 Å². The van der Waals surface area contributed by atoms with Gasteiger partial charge in [0.1, 0.15) is 6.04 Å². The topological polar surface area (TPSA) is 86.8 Å². The lowest BCUT2D eigenvalue weighted by molar-refractivity contribution is -0.140. The first kappa shape index (κ1) is 27.9. The third-order valence-corrected chi connectivity index (χ3v) is 7.35. The summed E-state index contributed by atoms with van der Waals surface area (Å²) >= 11 is 3.41. The molecular formula is C25H34BrN3O4S. The highest BCUT2D eigenvalue weighted by molar-refractivity contribution is 9.10. The summed E-state index contributed by atoms with van der Waals surface area (Å²) in [5, 5.41) is 2.95. The number of rotatable bonds is 12. The average molecular weight is 553 g/mol. The summed E-state index contributed by atoms with van der Waals surface area (Å²) in [6.45, 7) is 6.10. The van der Waals surface area contributed by atoms with Crippen LogP contribution in [0.2, 0.25) is 0 Å². The van der Waals surface area contributed by atoms with Gasteiger partial charge in [-0.05, 0) is 56.5 Å². The molecule has 186 valence electrons. The van der Waals surface area contributed by atoms with Gasteiger partial charge >= 0.3 is 0 Å². The standard InChI is InChI=1S/C25H34BrN3O4S/c1-5-19(2)27-25(31)20(3)28(18-21-13-15-22(26)16-14-21)24(30)12-9-17-29(34(4,32)33)23-10-7-6-8-11-23/h6-8,10-11,13-16,19-20H,5,9,12,17-18H2,1-4H3,(H,27,31)/t19-,20+/m1/s1. The Bertz CT molecular complexity index is 1050. The normalized spacial score (nSPS) is 13.1. The maximum atomic E-state index is 13.3. The molecule has 7 nitrogen and oxygen atoms in total. The largest absolute Gasteiger partial charge is 0.352 e. The van der Waals surface area contributed by atoms with E-state index in [4.69, 9.17) is 0 Å². The molecule has 2 aromatic rings. The Hall–Kier alpha value is -2.39. The number of hydrogen-bond acceptors (Lipinski definition) is 4. The Morgan fingerprint density at radius 1 is 1.03 bits per heavy atom. The number of carbonyl (C=O) groups excluding carboxylic acids is 2. The number of amides is 2. The van der Waals surface area contributed by atoms with E-state index in [9.17, 15) is 18.0 Å². The highest BCUT2D eigenvalue weighted by atomic mass is 79.9. The lowest BCUT2D eigenvalue weighted by Gasteiger charge is -2.30. The molecule has 0 aliphatic rings. The highest BCUT2D eigenvalue weighted by Gasteiger charge is 2.27. The second kappa shape index (κ2) is 12.9. The number of hydrogen-bond donors (Lipinski definition) is 1. The van der Waals surface area contributed by atoms with Gasteiger partial charge in [-0.25, -0.2) is 8.42 Å². The molecule has 0 aliphatic heterocycles. The Morgan fingerprint density at radius 2 is 1.65 bits per heavy atom. The van der Waals surface area contributed by atoms with Crippen molar-refractivity contribution in [3.8, 4) is 0 Å². The van der Waals surface area contributed by atoms with Crippen molar-refractivity contribution in [1.29, 1.82) is 0 Å². The molecule has 0 heterocycles. The van der Waals surface area contributed by atoms with Crippen LogP contribution in [0, 0.1) is 0 Å². The van der Waals surface area contributed by atoms with Gasteiger partial charge < -0.3 is 10.2 Å². The van der Waals surface area contributed by atoms with Crippen LogP contribution in [-0.4, -0.2) is 50.0 Å². The molecule has 0 saturated heterocycles. The van der Waals surface area contributed by atoms with Gasteiger partial charge in [0.15, 0.2) is 0 Å². The molecular weight excluding hydrogens is 518 g/mol. The van der Waals surface area contributed by atoms with Gasteiger partial charge in [0, 0.05) is 30.0 Å². The van der Waals surface area contributed by atoms with Crippen molar-refractivity contribution in [3.05, 3.63) is 64.6 Å². The van der Waals surface area contributed by atoms with Crippen molar-refractivity contribution in [3.63, 3.8) is 0 Å². The Labute approximate surface area is 211 Å². The maximum absolute atomic E-state index is 13.3. The minimum atomic E-state index is -3.50. The van der Waals surface area contributed by atoms with Crippen molar-refractivity contribution in [1.82, 2.24) is 10.2 Å². The Balaban J connectivity index is 2.14. The van der Waals surface area contributed by atoms with Crippen LogP contribution in [0.1, 0.15) is 45.6 Å². The van der Waals surface area contributed by atoms with Crippen LogP contribution in [0.4, 0.5) is 5.69 Å². The molecule has 34 heavy (non-hydrogen) atoms. The van der Waals surface area contributed by atoms with E-state index in [2.05, 4.69) is 21.2 Å². The number of carbonyl (C=O) groups is 2. The minimum absolute atomic E-state index is 0.00812. The number of para-hydroxylation sites is 1. The number of anilines is 1. The van der Waals surface area contributed by atoms with Crippen LogP contribution >= 0.6 is 15.9 Å². The van der Waals surface area contributed by atoms with Gasteiger partial charge in [0.05, 0.1) is 11.9 Å². The van der Waals surface area contributed by atoms with Crippen LogP contribution in [0.5, 0.6) is 0 Å². The minimum Gasteiger partial charge on any atom is -0.352 e. The summed E-state index contributed by atoms with van der Waals surface area (Å²) in [4.78, 5) is 27.6. The van der Waals surface area contributed by atoms with Crippen LogP contribution in [-0.2, 0) is 26.2 Å². The third-order valence-electron chi connectivity index (χ3n) is 5.63. The molecule has 2 amide bonds. The fourth-order valence-corrected chi connectivity index (χ4v) is 4.66. The SMILES string of the molecule is CC[C@@H](C)NC(=O)[C@H](C)N(Cc1ccc(Br)cc1)C(=O)CCCN(c1ccccc1)S(C)(=O)=O. The van der Waals surface area contributed by atoms with Crippen LogP contribution < -0.4 is 9.62 Å². The summed E-state index contributed by atoms with van der Waals surface area (Å²) in [6.07, 6.45) is 2.40. The number of halogens is 1. The highest BCUT2D eigenvalue weighted by Crippen LogP contribution is 2.19. The molecule has 0 unspecified atom stereocenters. The lowest BCUT2D eigenvalue weighted by atomic mass is 10.1. The van der Waals surface area contributed by atoms with Gasteiger partial charge in [-0.2, -0.15) is 0 Å². The summed E-state index contributed by atoms with van der Waals surface area (Å²) in [6, 6.07) is 15.8. The fourth-order valence-electron chi connectivity index (χ4n) is 3.43. The van der Waals surface area contributed by atoms with Crippen LogP contribution in [0.25, 0.3) is 0 Å². The average Bonchev–Trinajstić information content (AvgIpc) is 2.80. The van der Waals surface area contributed by atoms with Gasteiger partial charge in [-0.3, -0.25) is 13.9 Å². The quantitative estimate of drug-likeness (QED) is 0.425. The molecule has 2 rings (SSSR count). The van der Waals surface area contributed by atoms with Crippen molar-refractivity contribution in [2.24, 2.45) is 0 Å². The second-order valence-electron chi connectivity index (χ2n) is 8.42. The molecule has 2 aromatic carbocycles. The summed E-state index contributed by atoms with van der Waals surface area (Å²) in [5.41, 5.74) is 1.47. The zero-order valence-corrected chi connectivity index (χ0v) is 22.6. The number of benzene rings is 2. The summed E-state index contributed by atoms with van der Waals surface area (Å²) in [7, 11) is -3.50. The van der Waals surface area contributed by atoms with Crippen molar-refractivity contribution in [2.45, 2.75) is 58.7 Å². The molecule has 1 N–H and O–H groups in total. The van der Waals surface area contributed by atoms with E-state index in [0.717, 1.165) is 22.7 Å². The van der Waals surface area contributed by atoms with Gasteiger partial charge in [-0.15, -0.1) is 0 Å². The molecule has 0 aliphatic carbocycles. The number of nitrogens with zero attached hydrogens (tertiary/aromatic N) is 2. The first-order valence-corrected chi connectivity index (χ1v) is 14.0. The van der Waals surface area contributed by atoms with E-state index in [1.165, 1.54) is 4.31 Å². The van der Waals surface area contributed by atoms with Gasteiger partial charge in [-0.1, -0.05) is 53.2 Å². The van der Waals surface area contributed by atoms with Crippen LogP contribution in [0.15, 0.2) is 59.1 Å². The van der Waals surface area contributed by atoms with E-state index in [1.54, 1.807) is 36.1 Å². The Kier molecular flexibility index (Phi) is 10.6. The molecule has 0 bridgehead atoms. The second-order valence-corrected chi connectivity index (χ2v) is 11.2. The molecule has 0 aromatic heterocycles. The van der Waals surface area contributed by atoms with E-state index in [1.807, 2.05) is 44.2 Å². The zero-order valence-electron chi connectivity index (χ0n) is 20.2. The molecule has 0 saturated carbocycles. The molecule has 0 fully saturated rings. The van der Waals surface area contributed by atoms with E-state index < -0.39 is 16.1 Å². The monoisotopic (exact) mass is 551 g/mol. The maximum Gasteiger partial charge on any atom is 0.242 e. The number of nitrogens with one attached hydrogen (secondary N) is 1. The molecule has 0 spiro atoms.